The number of carbonyl (C=O) groups is 2. The van der Waals surface area contributed by atoms with Crippen LogP contribution in [0.5, 0.6) is 0 Å². The van der Waals surface area contributed by atoms with Gasteiger partial charge in [-0.25, -0.2) is 18.2 Å². The number of nitrogens with one attached hydrogen (secondary N) is 1. The van der Waals surface area contributed by atoms with E-state index in [-0.39, 0.29) is 11.4 Å². The number of thiazole rings is 1. The van der Waals surface area contributed by atoms with E-state index >= 15 is 0 Å². The molecule has 0 bridgehead atoms. The number of aryl methyl sites for hydroxylation is 1. The standard InChI is InChI=1S/C11H16N2O5S2/c1-6-8(9(14)15)19-7(13-6)5-12-10(16)11(2,3)20(4,17)18/h5H2,1-4H3,(H,12,16)(H,14,15). The molecule has 0 saturated carbocycles. The highest BCUT2D eigenvalue weighted by molar-refractivity contribution is 7.92. The van der Waals surface area contributed by atoms with Gasteiger partial charge in [0.05, 0.1) is 12.2 Å². The van der Waals surface area contributed by atoms with Crippen molar-refractivity contribution in [2.45, 2.75) is 32.1 Å². The minimum Gasteiger partial charge on any atom is -0.477 e. The SMILES string of the molecule is Cc1nc(CNC(=O)C(C)(C)S(C)(=O)=O)sc1C(=O)O. The molecule has 0 spiro atoms. The summed E-state index contributed by atoms with van der Waals surface area (Å²) in [6.45, 7) is 4.18. The van der Waals surface area contributed by atoms with Gasteiger partial charge in [0.25, 0.3) is 0 Å². The Labute approximate surface area is 121 Å². The topological polar surface area (TPSA) is 113 Å². The van der Waals surface area contributed by atoms with Gasteiger partial charge >= 0.3 is 5.97 Å². The Kier molecular flexibility index (Phi) is 4.55. The summed E-state index contributed by atoms with van der Waals surface area (Å²) in [5.41, 5.74) is 0.370. The summed E-state index contributed by atoms with van der Waals surface area (Å²) >= 11 is 0.953. The molecule has 7 nitrogen and oxygen atoms in total. The number of carbonyl (C=O) groups excluding carboxylic acids is 1. The molecule has 0 aromatic carbocycles. The lowest BCUT2D eigenvalue weighted by Gasteiger charge is -2.20. The summed E-state index contributed by atoms with van der Waals surface area (Å²) in [5.74, 6) is -1.72. The van der Waals surface area contributed by atoms with Crippen molar-refractivity contribution in [3.63, 3.8) is 0 Å². The van der Waals surface area contributed by atoms with Crippen molar-refractivity contribution >= 4 is 33.1 Å². The number of aromatic nitrogens is 1. The highest BCUT2D eigenvalue weighted by Crippen LogP contribution is 2.19. The Morgan fingerprint density at radius 2 is 1.95 bits per heavy atom. The van der Waals surface area contributed by atoms with Gasteiger partial charge in [-0.2, -0.15) is 0 Å². The smallest absolute Gasteiger partial charge is 0.347 e. The number of hydrogen-bond donors (Lipinski definition) is 2. The molecule has 1 amide bonds. The van der Waals surface area contributed by atoms with E-state index < -0.39 is 26.5 Å². The van der Waals surface area contributed by atoms with Gasteiger partial charge in [-0.1, -0.05) is 0 Å². The number of hydrogen-bond acceptors (Lipinski definition) is 6. The molecule has 20 heavy (non-hydrogen) atoms. The predicted octanol–water partition coefficient (Wildman–Crippen LogP) is 0.589. The van der Waals surface area contributed by atoms with E-state index in [9.17, 15) is 18.0 Å². The second-order valence-corrected chi connectivity index (χ2v) is 8.44. The van der Waals surface area contributed by atoms with Gasteiger partial charge < -0.3 is 10.4 Å². The Hall–Kier alpha value is -1.48. The van der Waals surface area contributed by atoms with Gasteiger partial charge in [-0.15, -0.1) is 11.3 Å². The molecule has 0 fully saturated rings. The highest BCUT2D eigenvalue weighted by Gasteiger charge is 2.38. The van der Waals surface area contributed by atoms with Crippen molar-refractivity contribution in [2.24, 2.45) is 0 Å². The zero-order chi connectivity index (χ0) is 15.7. The highest BCUT2D eigenvalue weighted by atomic mass is 32.2. The first-order valence-corrected chi connectivity index (χ1v) is 8.35. The van der Waals surface area contributed by atoms with Gasteiger partial charge in [0, 0.05) is 6.26 Å². The first-order valence-electron chi connectivity index (χ1n) is 5.64. The van der Waals surface area contributed by atoms with Crippen LogP contribution in [0, 0.1) is 6.92 Å². The van der Waals surface area contributed by atoms with Crippen molar-refractivity contribution in [3.8, 4) is 0 Å². The number of sulfone groups is 1. The monoisotopic (exact) mass is 320 g/mol. The minimum absolute atomic E-state index is 0.00340. The van der Waals surface area contributed by atoms with Crippen molar-refractivity contribution in [2.75, 3.05) is 6.26 Å². The molecular formula is C11H16N2O5S2. The first-order chi connectivity index (χ1) is 8.96. The van der Waals surface area contributed by atoms with Gasteiger partial charge in [-0.05, 0) is 20.8 Å². The van der Waals surface area contributed by atoms with Gasteiger partial charge in [0.15, 0.2) is 9.84 Å². The molecule has 1 heterocycles. The number of aromatic carboxylic acids is 1. The zero-order valence-corrected chi connectivity index (χ0v) is 13.2. The summed E-state index contributed by atoms with van der Waals surface area (Å²) in [6.07, 6.45) is 0.989. The molecule has 9 heteroatoms. The summed E-state index contributed by atoms with van der Waals surface area (Å²) in [5, 5.41) is 11.8. The van der Waals surface area contributed by atoms with Crippen LogP contribution in [-0.4, -0.2) is 41.4 Å². The van der Waals surface area contributed by atoms with Crippen LogP contribution < -0.4 is 5.32 Å². The lowest BCUT2D eigenvalue weighted by Crippen LogP contribution is -2.47. The van der Waals surface area contributed by atoms with E-state index in [0.717, 1.165) is 17.6 Å². The molecule has 0 saturated heterocycles. The summed E-state index contributed by atoms with van der Waals surface area (Å²) in [4.78, 5) is 26.9. The van der Waals surface area contributed by atoms with Crippen LogP contribution in [0.2, 0.25) is 0 Å². The Bertz CT molecular complexity index is 646. The second-order valence-electron chi connectivity index (χ2n) is 4.79. The van der Waals surface area contributed by atoms with E-state index in [1.807, 2.05) is 0 Å². The fourth-order valence-electron chi connectivity index (χ4n) is 1.26. The van der Waals surface area contributed by atoms with Gasteiger partial charge in [0.1, 0.15) is 14.6 Å². The number of amides is 1. The molecular weight excluding hydrogens is 304 g/mol. The third-order valence-electron chi connectivity index (χ3n) is 2.91. The Balaban J connectivity index is 2.81. The zero-order valence-electron chi connectivity index (χ0n) is 11.6. The third-order valence-corrected chi connectivity index (χ3v) is 6.09. The molecule has 1 aromatic heterocycles. The van der Waals surface area contributed by atoms with Crippen molar-refractivity contribution < 1.29 is 23.1 Å². The van der Waals surface area contributed by atoms with Crippen LogP contribution in [0.3, 0.4) is 0 Å². The van der Waals surface area contributed by atoms with Crippen LogP contribution in [0.4, 0.5) is 0 Å². The maximum atomic E-state index is 11.9. The van der Waals surface area contributed by atoms with Gasteiger partial charge in [-0.3, -0.25) is 4.79 Å². The maximum Gasteiger partial charge on any atom is 0.347 e. The van der Waals surface area contributed by atoms with E-state index in [1.165, 1.54) is 13.8 Å². The second kappa shape index (κ2) is 5.49. The molecule has 1 rings (SSSR count). The molecule has 0 radical (unpaired) electrons. The number of carboxylic acids is 1. The maximum absolute atomic E-state index is 11.9. The van der Waals surface area contributed by atoms with Crippen LogP contribution >= 0.6 is 11.3 Å². The van der Waals surface area contributed by atoms with E-state index in [0.29, 0.717) is 10.7 Å². The molecule has 1 aromatic rings. The van der Waals surface area contributed by atoms with E-state index in [1.54, 1.807) is 6.92 Å². The summed E-state index contributed by atoms with van der Waals surface area (Å²) < 4.78 is 21.5. The van der Waals surface area contributed by atoms with Crippen molar-refractivity contribution in [1.82, 2.24) is 10.3 Å². The largest absolute Gasteiger partial charge is 0.477 e. The fourth-order valence-corrected chi connectivity index (χ4v) is 2.52. The lowest BCUT2D eigenvalue weighted by molar-refractivity contribution is -0.123. The molecule has 2 N–H and O–H groups in total. The van der Waals surface area contributed by atoms with E-state index in [4.69, 9.17) is 5.11 Å². The number of rotatable bonds is 5. The van der Waals surface area contributed by atoms with Crippen LogP contribution in [-0.2, 0) is 21.2 Å². The molecule has 0 atom stereocenters. The minimum atomic E-state index is -3.55. The molecule has 0 unspecified atom stereocenters. The molecule has 0 aliphatic rings. The molecule has 112 valence electrons. The number of nitrogens with zero attached hydrogens (tertiary/aromatic N) is 1. The van der Waals surface area contributed by atoms with Crippen molar-refractivity contribution in [1.29, 1.82) is 0 Å². The Morgan fingerprint density at radius 1 is 1.40 bits per heavy atom. The average molecular weight is 320 g/mol. The molecule has 0 aliphatic heterocycles. The predicted molar refractivity (Wildman–Crippen MR) is 74.6 cm³/mol. The average Bonchev–Trinajstić information content (AvgIpc) is 2.65. The normalized spacial score (nSPS) is 12.2. The third kappa shape index (κ3) is 3.34. The lowest BCUT2D eigenvalue weighted by atomic mass is 10.2. The van der Waals surface area contributed by atoms with Crippen LogP contribution in [0.1, 0.15) is 34.2 Å². The van der Waals surface area contributed by atoms with E-state index in [2.05, 4.69) is 10.3 Å². The summed E-state index contributed by atoms with van der Waals surface area (Å²) in [7, 11) is -3.55. The molecule has 0 aliphatic carbocycles. The first kappa shape index (κ1) is 16.6. The quantitative estimate of drug-likeness (QED) is 0.821. The van der Waals surface area contributed by atoms with Crippen LogP contribution in [0.15, 0.2) is 0 Å². The van der Waals surface area contributed by atoms with Gasteiger partial charge in [0.2, 0.25) is 5.91 Å². The summed E-state index contributed by atoms with van der Waals surface area (Å²) in [6, 6.07) is 0. The number of carboxylic acid groups (broad SMARTS) is 1. The fraction of sp³-hybridized carbons (Fsp3) is 0.545. The van der Waals surface area contributed by atoms with Crippen molar-refractivity contribution in [3.05, 3.63) is 15.6 Å². The van der Waals surface area contributed by atoms with Crippen LogP contribution in [0.25, 0.3) is 0 Å². The Morgan fingerprint density at radius 3 is 2.35 bits per heavy atom.